The molecule has 18 heavy (non-hydrogen) atoms. The highest BCUT2D eigenvalue weighted by atomic mass is 32.1. The first kappa shape index (κ1) is 12.8. The molecule has 0 aliphatic carbocycles. The first-order valence-electron chi connectivity index (χ1n) is 5.76. The number of aryl methyl sites for hydroxylation is 1. The van der Waals surface area contributed by atoms with Crippen molar-refractivity contribution in [3.8, 4) is 0 Å². The monoisotopic (exact) mass is 263 g/mol. The van der Waals surface area contributed by atoms with Crippen molar-refractivity contribution < 1.29 is 4.79 Å². The van der Waals surface area contributed by atoms with Crippen LogP contribution in [0.3, 0.4) is 0 Å². The maximum atomic E-state index is 12.0. The van der Waals surface area contributed by atoms with Gasteiger partial charge in [0.05, 0.1) is 5.69 Å². The first-order chi connectivity index (χ1) is 8.38. The fourth-order valence-electron chi connectivity index (χ4n) is 1.53. The fourth-order valence-corrected chi connectivity index (χ4v) is 2.47. The summed E-state index contributed by atoms with van der Waals surface area (Å²) in [5, 5.41) is 5.46. The summed E-state index contributed by atoms with van der Waals surface area (Å²) in [5.41, 5.74) is 1.63. The van der Waals surface area contributed by atoms with Crippen molar-refractivity contribution >= 4 is 22.4 Å². The van der Waals surface area contributed by atoms with Gasteiger partial charge >= 0.3 is 0 Å². The molecule has 0 aromatic carbocycles. The second kappa shape index (κ2) is 4.57. The van der Waals surface area contributed by atoms with E-state index in [-0.39, 0.29) is 11.3 Å². The number of carbonyl (C=O) groups excluding carboxylic acids is 1. The van der Waals surface area contributed by atoms with Crippen LogP contribution in [0.15, 0.2) is 23.7 Å². The number of hydrogen-bond donors (Lipinski definition) is 1. The van der Waals surface area contributed by atoms with Gasteiger partial charge in [-0.1, -0.05) is 20.8 Å². The molecule has 0 atom stereocenters. The van der Waals surface area contributed by atoms with Crippen LogP contribution in [0.5, 0.6) is 0 Å². The number of thiazole rings is 1. The van der Waals surface area contributed by atoms with E-state index in [4.69, 9.17) is 0 Å². The second-order valence-corrected chi connectivity index (χ2v) is 6.10. The van der Waals surface area contributed by atoms with Crippen molar-refractivity contribution in [2.45, 2.75) is 26.2 Å². The van der Waals surface area contributed by atoms with Gasteiger partial charge in [0, 0.05) is 24.0 Å². The smallest absolute Gasteiger partial charge is 0.274 e. The number of anilines is 1. The zero-order valence-corrected chi connectivity index (χ0v) is 11.8. The number of hydrogen-bond acceptors (Lipinski definition) is 3. The van der Waals surface area contributed by atoms with Gasteiger partial charge in [0.2, 0.25) is 0 Å². The van der Waals surface area contributed by atoms with E-state index in [2.05, 4.69) is 31.1 Å². The Morgan fingerprint density at radius 2 is 2.17 bits per heavy atom. The fraction of sp³-hybridized carbons (Fsp3) is 0.385. The molecule has 0 spiro atoms. The van der Waals surface area contributed by atoms with E-state index in [1.54, 1.807) is 10.6 Å². The summed E-state index contributed by atoms with van der Waals surface area (Å²) in [6, 6.07) is 3.63. The molecule has 0 radical (unpaired) electrons. The average molecular weight is 263 g/mol. The number of rotatable bonds is 2. The van der Waals surface area contributed by atoms with Crippen molar-refractivity contribution in [3.05, 3.63) is 35.1 Å². The first-order valence-corrected chi connectivity index (χ1v) is 6.64. The Balaban J connectivity index is 2.13. The molecule has 1 amide bonds. The standard InChI is InChI=1S/C13H17N3OS/c1-13(2,3)10-8-18-12(14-10)15-11(17)9-6-5-7-16(9)4/h5-8H,1-4H3,(H,14,15,17). The predicted molar refractivity (Wildman–Crippen MR) is 74.2 cm³/mol. The van der Waals surface area contributed by atoms with Crippen molar-refractivity contribution in [3.63, 3.8) is 0 Å². The molecule has 96 valence electrons. The number of aromatic nitrogens is 2. The van der Waals surface area contributed by atoms with Gasteiger partial charge in [-0.15, -0.1) is 11.3 Å². The minimum Gasteiger partial charge on any atom is -0.347 e. The Labute approximate surface area is 111 Å². The molecule has 2 heterocycles. The van der Waals surface area contributed by atoms with E-state index in [0.717, 1.165) is 5.69 Å². The van der Waals surface area contributed by atoms with Gasteiger partial charge in [-0.05, 0) is 12.1 Å². The van der Waals surface area contributed by atoms with Crippen LogP contribution >= 0.6 is 11.3 Å². The number of carbonyl (C=O) groups is 1. The molecule has 0 bridgehead atoms. The average Bonchev–Trinajstić information content (AvgIpc) is 2.85. The maximum absolute atomic E-state index is 12.0. The summed E-state index contributed by atoms with van der Waals surface area (Å²) in [7, 11) is 1.84. The lowest BCUT2D eigenvalue weighted by molar-refractivity contribution is 0.101. The molecule has 0 unspecified atom stereocenters. The topological polar surface area (TPSA) is 46.9 Å². The highest BCUT2D eigenvalue weighted by molar-refractivity contribution is 7.14. The van der Waals surface area contributed by atoms with Crippen LogP contribution in [0.25, 0.3) is 0 Å². The third-order valence-corrected chi connectivity index (χ3v) is 3.43. The zero-order valence-electron chi connectivity index (χ0n) is 11.0. The highest BCUT2D eigenvalue weighted by Crippen LogP contribution is 2.26. The number of amides is 1. The normalized spacial score (nSPS) is 11.6. The molecule has 0 saturated heterocycles. The van der Waals surface area contributed by atoms with Crippen LogP contribution in [0, 0.1) is 0 Å². The van der Waals surface area contributed by atoms with E-state index in [9.17, 15) is 4.79 Å². The minimum absolute atomic E-state index is 0.00442. The van der Waals surface area contributed by atoms with Gasteiger partial charge in [-0.2, -0.15) is 0 Å². The van der Waals surface area contributed by atoms with Crippen LogP contribution < -0.4 is 5.32 Å². The van der Waals surface area contributed by atoms with Gasteiger partial charge in [-0.3, -0.25) is 10.1 Å². The quantitative estimate of drug-likeness (QED) is 0.905. The largest absolute Gasteiger partial charge is 0.347 e. The summed E-state index contributed by atoms with van der Waals surface area (Å²) in [4.78, 5) is 16.4. The number of nitrogens with one attached hydrogen (secondary N) is 1. The van der Waals surface area contributed by atoms with E-state index in [0.29, 0.717) is 10.8 Å². The van der Waals surface area contributed by atoms with Crippen molar-refractivity contribution in [1.82, 2.24) is 9.55 Å². The Hall–Kier alpha value is -1.62. The van der Waals surface area contributed by atoms with Gasteiger partial charge in [-0.25, -0.2) is 4.98 Å². The van der Waals surface area contributed by atoms with Crippen LogP contribution in [-0.4, -0.2) is 15.5 Å². The highest BCUT2D eigenvalue weighted by Gasteiger charge is 2.18. The van der Waals surface area contributed by atoms with Gasteiger partial charge in [0.1, 0.15) is 5.69 Å². The Morgan fingerprint density at radius 1 is 1.44 bits per heavy atom. The minimum atomic E-state index is -0.127. The molecule has 4 nitrogen and oxygen atoms in total. The lowest BCUT2D eigenvalue weighted by Crippen LogP contribution is -2.16. The van der Waals surface area contributed by atoms with Crippen molar-refractivity contribution in [2.75, 3.05) is 5.32 Å². The molecular weight excluding hydrogens is 246 g/mol. The molecule has 0 fully saturated rings. The van der Waals surface area contributed by atoms with E-state index < -0.39 is 0 Å². The second-order valence-electron chi connectivity index (χ2n) is 5.25. The summed E-state index contributed by atoms with van der Waals surface area (Å²) < 4.78 is 1.79. The van der Waals surface area contributed by atoms with Gasteiger partial charge in [0.25, 0.3) is 5.91 Å². The third kappa shape index (κ3) is 2.61. The Bertz CT molecular complexity index is 563. The van der Waals surface area contributed by atoms with E-state index in [1.807, 2.05) is 24.7 Å². The summed E-state index contributed by atoms with van der Waals surface area (Å²) >= 11 is 1.46. The molecule has 2 rings (SSSR count). The van der Waals surface area contributed by atoms with Gasteiger partial charge in [0.15, 0.2) is 5.13 Å². The van der Waals surface area contributed by atoms with E-state index in [1.165, 1.54) is 11.3 Å². The molecule has 1 N–H and O–H groups in total. The molecular formula is C13H17N3OS. The van der Waals surface area contributed by atoms with Crippen molar-refractivity contribution in [1.29, 1.82) is 0 Å². The summed E-state index contributed by atoms with van der Waals surface area (Å²) in [5.74, 6) is -0.127. The zero-order chi connectivity index (χ0) is 13.3. The SMILES string of the molecule is Cn1cccc1C(=O)Nc1nc(C(C)(C)C)cs1. The lowest BCUT2D eigenvalue weighted by atomic mass is 9.93. The van der Waals surface area contributed by atoms with E-state index >= 15 is 0 Å². The van der Waals surface area contributed by atoms with Crippen LogP contribution in [-0.2, 0) is 12.5 Å². The molecule has 2 aromatic heterocycles. The van der Waals surface area contributed by atoms with Crippen LogP contribution in [0.1, 0.15) is 37.0 Å². The number of nitrogens with zero attached hydrogens (tertiary/aromatic N) is 2. The lowest BCUT2D eigenvalue weighted by Gasteiger charge is -2.14. The van der Waals surface area contributed by atoms with Crippen LogP contribution in [0.4, 0.5) is 5.13 Å². The molecule has 0 aliphatic heterocycles. The Morgan fingerprint density at radius 3 is 2.67 bits per heavy atom. The molecule has 0 aliphatic rings. The Kier molecular flexibility index (Phi) is 3.26. The summed E-state index contributed by atoms with van der Waals surface area (Å²) in [6.07, 6.45) is 1.84. The molecule has 0 saturated carbocycles. The molecule has 2 aromatic rings. The summed E-state index contributed by atoms with van der Waals surface area (Å²) in [6.45, 7) is 6.31. The van der Waals surface area contributed by atoms with Crippen LogP contribution in [0.2, 0.25) is 0 Å². The van der Waals surface area contributed by atoms with Crippen molar-refractivity contribution in [2.24, 2.45) is 7.05 Å². The maximum Gasteiger partial charge on any atom is 0.274 e. The third-order valence-electron chi connectivity index (χ3n) is 2.67. The predicted octanol–water partition coefficient (Wildman–Crippen LogP) is 3.03. The molecule has 5 heteroatoms. The van der Waals surface area contributed by atoms with Gasteiger partial charge < -0.3 is 4.57 Å².